The van der Waals surface area contributed by atoms with Gasteiger partial charge in [-0.25, -0.2) is 0 Å². The molecule has 0 aromatic heterocycles. The molecule has 0 radical (unpaired) electrons. The number of benzene rings is 2. The predicted octanol–water partition coefficient (Wildman–Crippen LogP) is 3.68. The van der Waals surface area contributed by atoms with Crippen LogP contribution in [0.15, 0.2) is 48.5 Å². The molecule has 0 aliphatic rings. The minimum atomic E-state index is -0.165. The Bertz CT molecular complexity index is 776. The molecule has 0 bridgehead atoms. The normalized spacial score (nSPS) is 10.3. The van der Waals surface area contributed by atoms with Crippen LogP contribution in [-0.4, -0.2) is 44.7 Å². The van der Waals surface area contributed by atoms with Crippen LogP contribution in [0.3, 0.4) is 0 Å². The number of carbonyl (C=O) groups excluding carboxylic acids is 2. The van der Waals surface area contributed by atoms with E-state index in [1.165, 1.54) is 0 Å². The summed E-state index contributed by atoms with van der Waals surface area (Å²) in [5, 5.41) is 8.76. The highest BCUT2D eigenvalue weighted by molar-refractivity contribution is 5.95. The van der Waals surface area contributed by atoms with Gasteiger partial charge in [0.25, 0.3) is 5.91 Å². The Kier molecular flexibility index (Phi) is 10.2. The summed E-state index contributed by atoms with van der Waals surface area (Å²) < 4.78 is 10.8. The van der Waals surface area contributed by atoms with E-state index in [9.17, 15) is 9.59 Å². The quantitative estimate of drug-likeness (QED) is 0.436. The summed E-state index contributed by atoms with van der Waals surface area (Å²) in [5.41, 5.74) is 2.07. The fourth-order valence-electron chi connectivity index (χ4n) is 2.61. The van der Waals surface area contributed by atoms with Crippen molar-refractivity contribution in [1.29, 1.82) is 0 Å². The SMILES string of the molecule is CCCCNC(=O)c1ccc(NCC(=O)Nc2ccc(OCCOCC)cc2)cc1. The monoisotopic (exact) mass is 413 g/mol. The molecule has 2 amide bonds. The van der Waals surface area contributed by atoms with Crippen LogP contribution in [0.1, 0.15) is 37.0 Å². The first-order chi connectivity index (χ1) is 14.6. The van der Waals surface area contributed by atoms with Gasteiger partial charge in [-0.15, -0.1) is 0 Å². The molecule has 0 atom stereocenters. The summed E-state index contributed by atoms with van der Waals surface area (Å²) in [6.07, 6.45) is 2.00. The molecular formula is C23H31N3O4. The van der Waals surface area contributed by atoms with Crippen LogP contribution < -0.4 is 20.7 Å². The Morgan fingerprint density at radius 2 is 1.60 bits per heavy atom. The molecule has 0 aliphatic heterocycles. The third-order valence-electron chi connectivity index (χ3n) is 4.25. The van der Waals surface area contributed by atoms with Gasteiger partial charge in [-0.2, -0.15) is 0 Å². The number of carbonyl (C=O) groups is 2. The third kappa shape index (κ3) is 8.53. The fraction of sp³-hybridized carbons (Fsp3) is 0.391. The summed E-state index contributed by atoms with van der Waals surface area (Å²) in [4.78, 5) is 24.2. The van der Waals surface area contributed by atoms with Crippen molar-refractivity contribution in [3.8, 4) is 5.75 Å². The molecule has 2 rings (SSSR count). The van der Waals surface area contributed by atoms with E-state index < -0.39 is 0 Å². The van der Waals surface area contributed by atoms with Crippen molar-refractivity contribution in [3.05, 3.63) is 54.1 Å². The lowest BCUT2D eigenvalue weighted by Gasteiger charge is -2.10. The maximum Gasteiger partial charge on any atom is 0.251 e. The van der Waals surface area contributed by atoms with E-state index in [0.717, 1.165) is 24.3 Å². The lowest BCUT2D eigenvalue weighted by atomic mass is 10.2. The Labute approximate surface area is 178 Å². The van der Waals surface area contributed by atoms with Crippen LogP contribution in [-0.2, 0) is 9.53 Å². The second-order valence-electron chi connectivity index (χ2n) is 6.66. The van der Waals surface area contributed by atoms with Crippen LogP contribution in [0.25, 0.3) is 0 Å². The number of rotatable bonds is 13. The Hall–Kier alpha value is -3.06. The fourth-order valence-corrected chi connectivity index (χ4v) is 2.61. The zero-order chi connectivity index (χ0) is 21.6. The summed E-state index contributed by atoms with van der Waals surface area (Å²) in [6, 6.07) is 14.3. The minimum absolute atomic E-state index is 0.0851. The molecule has 0 aliphatic carbocycles. The minimum Gasteiger partial charge on any atom is -0.491 e. The van der Waals surface area contributed by atoms with E-state index in [1.54, 1.807) is 48.5 Å². The molecule has 0 fully saturated rings. The Morgan fingerprint density at radius 3 is 2.27 bits per heavy atom. The van der Waals surface area contributed by atoms with Crippen LogP contribution in [0.5, 0.6) is 5.75 Å². The first kappa shape index (κ1) is 23.2. The lowest BCUT2D eigenvalue weighted by molar-refractivity contribution is -0.114. The molecule has 7 heteroatoms. The zero-order valence-corrected chi connectivity index (χ0v) is 17.7. The number of hydrogen-bond acceptors (Lipinski definition) is 5. The predicted molar refractivity (Wildman–Crippen MR) is 119 cm³/mol. The first-order valence-electron chi connectivity index (χ1n) is 10.3. The molecule has 2 aromatic carbocycles. The lowest BCUT2D eigenvalue weighted by Crippen LogP contribution is -2.24. The Morgan fingerprint density at radius 1 is 0.900 bits per heavy atom. The molecule has 0 unspecified atom stereocenters. The summed E-state index contributed by atoms with van der Waals surface area (Å²) >= 11 is 0. The standard InChI is InChI=1S/C23H31N3O4/c1-3-5-14-24-23(28)18-6-8-19(9-7-18)25-17-22(27)26-20-10-12-21(13-11-20)30-16-15-29-4-2/h6-13,25H,3-5,14-17H2,1-2H3,(H,24,28)(H,26,27). The van der Waals surface area contributed by atoms with Crippen LogP contribution in [0.2, 0.25) is 0 Å². The first-order valence-corrected chi connectivity index (χ1v) is 10.3. The van der Waals surface area contributed by atoms with Gasteiger partial charge in [0.05, 0.1) is 13.2 Å². The molecular weight excluding hydrogens is 382 g/mol. The smallest absolute Gasteiger partial charge is 0.251 e. The molecule has 2 aromatic rings. The molecule has 0 saturated heterocycles. The number of unbranched alkanes of at least 4 members (excludes halogenated alkanes) is 1. The summed E-state index contributed by atoms with van der Waals surface area (Å²) in [7, 11) is 0. The van der Waals surface area contributed by atoms with Crippen molar-refractivity contribution in [2.24, 2.45) is 0 Å². The Balaban J connectivity index is 1.73. The topological polar surface area (TPSA) is 88.7 Å². The van der Waals surface area contributed by atoms with Gasteiger partial charge in [0, 0.05) is 30.1 Å². The maximum atomic E-state index is 12.2. The van der Waals surface area contributed by atoms with Crippen LogP contribution in [0, 0.1) is 0 Å². The van der Waals surface area contributed by atoms with E-state index in [-0.39, 0.29) is 18.4 Å². The van der Waals surface area contributed by atoms with Gasteiger partial charge < -0.3 is 25.4 Å². The van der Waals surface area contributed by atoms with Gasteiger partial charge in [0.2, 0.25) is 5.91 Å². The van der Waals surface area contributed by atoms with Gasteiger partial charge in [-0.1, -0.05) is 13.3 Å². The van der Waals surface area contributed by atoms with Crippen molar-refractivity contribution in [2.45, 2.75) is 26.7 Å². The van der Waals surface area contributed by atoms with E-state index in [0.29, 0.717) is 37.6 Å². The summed E-state index contributed by atoms with van der Waals surface area (Å²) in [5.74, 6) is 0.476. The van der Waals surface area contributed by atoms with Gasteiger partial charge in [-0.3, -0.25) is 9.59 Å². The number of hydrogen-bond donors (Lipinski definition) is 3. The molecule has 0 spiro atoms. The van der Waals surface area contributed by atoms with Crippen molar-refractivity contribution in [2.75, 3.05) is 43.5 Å². The largest absolute Gasteiger partial charge is 0.491 e. The van der Waals surface area contributed by atoms with E-state index in [1.807, 2.05) is 6.92 Å². The van der Waals surface area contributed by atoms with Crippen molar-refractivity contribution >= 4 is 23.2 Å². The third-order valence-corrected chi connectivity index (χ3v) is 4.25. The second-order valence-corrected chi connectivity index (χ2v) is 6.66. The van der Waals surface area contributed by atoms with Crippen molar-refractivity contribution < 1.29 is 19.1 Å². The van der Waals surface area contributed by atoms with E-state index in [4.69, 9.17) is 9.47 Å². The second kappa shape index (κ2) is 13.2. The van der Waals surface area contributed by atoms with Gasteiger partial charge >= 0.3 is 0 Å². The molecule has 7 nitrogen and oxygen atoms in total. The van der Waals surface area contributed by atoms with E-state index in [2.05, 4.69) is 22.9 Å². The number of anilines is 2. The number of ether oxygens (including phenoxy) is 2. The molecule has 30 heavy (non-hydrogen) atoms. The summed E-state index contributed by atoms with van der Waals surface area (Å²) in [6.45, 7) is 6.52. The van der Waals surface area contributed by atoms with Gasteiger partial charge in [-0.05, 0) is 61.9 Å². The van der Waals surface area contributed by atoms with Crippen LogP contribution in [0.4, 0.5) is 11.4 Å². The van der Waals surface area contributed by atoms with Crippen molar-refractivity contribution in [3.63, 3.8) is 0 Å². The molecule has 3 N–H and O–H groups in total. The van der Waals surface area contributed by atoms with Gasteiger partial charge in [0.15, 0.2) is 0 Å². The average Bonchev–Trinajstić information content (AvgIpc) is 2.77. The highest BCUT2D eigenvalue weighted by Crippen LogP contribution is 2.16. The number of amides is 2. The number of nitrogens with one attached hydrogen (secondary N) is 3. The highest BCUT2D eigenvalue weighted by Gasteiger charge is 2.06. The van der Waals surface area contributed by atoms with Gasteiger partial charge in [0.1, 0.15) is 12.4 Å². The highest BCUT2D eigenvalue weighted by atomic mass is 16.5. The molecule has 0 heterocycles. The maximum absolute atomic E-state index is 12.2. The van der Waals surface area contributed by atoms with E-state index >= 15 is 0 Å². The zero-order valence-electron chi connectivity index (χ0n) is 17.7. The average molecular weight is 414 g/mol. The molecule has 0 saturated carbocycles. The molecule has 162 valence electrons. The van der Waals surface area contributed by atoms with Crippen LogP contribution >= 0.6 is 0 Å². The van der Waals surface area contributed by atoms with Crippen molar-refractivity contribution in [1.82, 2.24) is 5.32 Å².